The van der Waals surface area contributed by atoms with Gasteiger partial charge in [0.15, 0.2) is 0 Å². The Bertz CT molecular complexity index is 641. The van der Waals surface area contributed by atoms with E-state index in [1.54, 1.807) is 7.11 Å². The molecule has 1 saturated heterocycles. The van der Waals surface area contributed by atoms with Gasteiger partial charge in [-0.05, 0) is 30.4 Å². The van der Waals surface area contributed by atoms with Crippen LogP contribution in [0.15, 0.2) is 18.3 Å². The molecule has 2 heterocycles. The number of ether oxygens (including phenoxy) is 1. The maximum Gasteiger partial charge on any atom is 0.0711 e. The summed E-state index contributed by atoms with van der Waals surface area (Å²) in [6.07, 6.45) is 4.16. The van der Waals surface area contributed by atoms with E-state index in [0.29, 0.717) is 0 Å². The first-order valence-electron chi connectivity index (χ1n) is 7.48. The Labute approximate surface area is 125 Å². The third-order valence-corrected chi connectivity index (χ3v) is 4.71. The summed E-state index contributed by atoms with van der Waals surface area (Å²) in [7, 11) is 3.75. The Balaban J connectivity index is 1.90. The lowest BCUT2D eigenvalue weighted by atomic mass is 9.81. The molecular weight excluding hydrogens is 264 g/mol. The molecule has 0 amide bonds. The van der Waals surface area contributed by atoms with Crippen LogP contribution in [0.3, 0.4) is 0 Å². The zero-order chi connectivity index (χ0) is 15.0. The molecule has 5 nitrogen and oxygen atoms in total. The molecule has 1 aromatic heterocycles. The number of anilines is 2. The van der Waals surface area contributed by atoms with Gasteiger partial charge in [0.1, 0.15) is 0 Å². The van der Waals surface area contributed by atoms with Gasteiger partial charge in [-0.15, -0.1) is 0 Å². The number of nitrogens with two attached hydrogens (primary N) is 1. The molecule has 2 aromatic rings. The Kier molecular flexibility index (Phi) is 3.53. The zero-order valence-electron chi connectivity index (χ0n) is 13.1. The number of aryl methyl sites for hydroxylation is 1. The first-order valence-corrected chi connectivity index (χ1v) is 7.48. The van der Waals surface area contributed by atoms with Gasteiger partial charge >= 0.3 is 0 Å². The summed E-state index contributed by atoms with van der Waals surface area (Å²) < 4.78 is 7.27. The number of nitrogen functional groups attached to an aromatic ring is 1. The van der Waals surface area contributed by atoms with Crippen molar-refractivity contribution in [3.05, 3.63) is 18.3 Å². The van der Waals surface area contributed by atoms with Crippen molar-refractivity contribution in [3.63, 3.8) is 0 Å². The second kappa shape index (κ2) is 5.22. The van der Waals surface area contributed by atoms with Crippen molar-refractivity contribution >= 4 is 22.3 Å². The van der Waals surface area contributed by atoms with Crippen molar-refractivity contribution < 1.29 is 4.74 Å². The Morgan fingerprint density at radius 2 is 2.05 bits per heavy atom. The van der Waals surface area contributed by atoms with E-state index in [1.807, 2.05) is 30.1 Å². The van der Waals surface area contributed by atoms with Gasteiger partial charge in [0.2, 0.25) is 0 Å². The van der Waals surface area contributed by atoms with Crippen LogP contribution in [-0.2, 0) is 11.8 Å². The predicted octanol–water partition coefficient (Wildman–Crippen LogP) is 2.41. The minimum atomic E-state index is 0.281. The van der Waals surface area contributed by atoms with Crippen LogP contribution >= 0.6 is 0 Å². The van der Waals surface area contributed by atoms with E-state index in [2.05, 4.69) is 16.9 Å². The van der Waals surface area contributed by atoms with Gasteiger partial charge in [-0.25, -0.2) is 0 Å². The molecule has 0 radical (unpaired) electrons. The van der Waals surface area contributed by atoms with Gasteiger partial charge in [0, 0.05) is 32.6 Å². The first-order chi connectivity index (χ1) is 10.0. The molecule has 1 aromatic carbocycles. The van der Waals surface area contributed by atoms with Gasteiger partial charge in [-0.1, -0.05) is 6.92 Å². The standard InChI is InChI=1S/C16H24N4O/c1-16(11-21-3)6-8-20(9-7-16)15-12-10-18-19(2)14(12)5-4-13(15)17/h4-5,10H,6-9,11,17H2,1-3H3. The van der Waals surface area contributed by atoms with E-state index >= 15 is 0 Å². The number of piperidine rings is 1. The molecule has 0 bridgehead atoms. The van der Waals surface area contributed by atoms with Crippen LogP contribution in [0.25, 0.3) is 10.9 Å². The van der Waals surface area contributed by atoms with E-state index < -0.39 is 0 Å². The number of aromatic nitrogens is 2. The molecule has 0 aliphatic carbocycles. The summed E-state index contributed by atoms with van der Waals surface area (Å²) in [5.74, 6) is 0. The highest BCUT2D eigenvalue weighted by atomic mass is 16.5. The van der Waals surface area contributed by atoms with Gasteiger partial charge < -0.3 is 15.4 Å². The quantitative estimate of drug-likeness (QED) is 0.881. The summed E-state index contributed by atoms with van der Waals surface area (Å²) in [5.41, 5.74) is 9.64. The number of rotatable bonds is 3. The van der Waals surface area contributed by atoms with Crippen molar-refractivity contribution in [2.75, 3.05) is 37.4 Å². The molecule has 0 unspecified atom stereocenters. The second-order valence-electron chi connectivity index (χ2n) is 6.44. The van der Waals surface area contributed by atoms with Crippen LogP contribution in [0.4, 0.5) is 11.4 Å². The van der Waals surface area contributed by atoms with Crippen LogP contribution in [0.1, 0.15) is 19.8 Å². The fourth-order valence-electron chi connectivity index (χ4n) is 3.35. The molecule has 3 rings (SSSR count). The van der Waals surface area contributed by atoms with E-state index in [4.69, 9.17) is 10.5 Å². The highest BCUT2D eigenvalue weighted by Gasteiger charge is 2.31. The third kappa shape index (κ3) is 2.46. The number of nitrogens with zero attached hydrogens (tertiary/aromatic N) is 3. The molecule has 0 saturated carbocycles. The second-order valence-corrected chi connectivity index (χ2v) is 6.44. The van der Waals surface area contributed by atoms with Gasteiger partial charge in [0.05, 0.1) is 29.7 Å². The van der Waals surface area contributed by atoms with Crippen molar-refractivity contribution in [2.45, 2.75) is 19.8 Å². The maximum atomic E-state index is 6.25. The number of methoxy groups -OCH3 is 1. The Hall–Kier alpha value is -1.75. The smallest absolute Gasteiger partial charge is 0.0711 e. The van der Waals surface area contributed by atoms with Crippen molar-refractivity contribution in [1.29, 1.82) is 0 Å². The van der Waals surface area contributed by atoms with Crippen LogP contribution < -0.4 is 10.6 Å². The van der Waals surface area contributed by atoms with Crippen LogP contribution in [0, 0.1) is 5.41 Å². The minimum absolute atomic E-state index is 0.281. The van der Waals surface area contributed by atoms with E-state index in [-0.39, 0.29) is 5.41 Å². The maximum absolute atomic E-state index is 6.25. The number of fused-ring (bicyclic) bond motifs is 1. The molecular formula is C16H24N4O. The number of hydrogen-bond donors (Lipinski definition) is 1. The molecule has 1 fully saturated rings. The van der Waals surface area contributed by atoms with Gasteiger partial charge in [-0.2, -0.15) is 5.10 Å². The lowest BCUT2D eigenvalue weighted by Gasteiger charge is -2.40. The Morgan fingerprint density at radius 1 is 1.33 bits per heavy atom. The van der Waals surface area contributed by atoms with E-state index in [9.17, 15) is 0 Å². The van der Waals surface area contributed by atoms with Crippen LogP contribution in [0.5, 0.6) is 0 Å². The summed E-state index contributed by atoms with van der Waals surface area (Å²) >= 11 is 0. The average molecular weight is 288 g/mol. The fraction of sp³-hybridized carbons (Fsp3) is 0.562. The molecule has 114 valence electrons. The lowest BCUT2D eigenvalue weighted by Crippen LogP contribution is -2.41. The van der Waals surface area contributed by atoms with Crippen LogP contribution in [0.2, 0.25) is 0 Å². The predicted molar refractivity (Wildman–Crippen MR) is 86.6 cm³/mol. The largest absolute Gasteiger partial charge is 0.397 e. The highest BCUT2D eigenvalue weighted by Crippen LogP contribution is 2.38. The van der Waals surface area contributed by atoms with Crippen molar-refractivity contribution in [2.24, 2.45) is 12.5 Å². The lowest BCUT2D eigenvalue weighted by molar-refractivity contribution is 0.0732. The number of hydrogen-bond acceptors (Lipinski definition) is 4. The summed E-state index contributed by atoms with van der Waals surface area (Å²) in [4.78, 5) is 2.40. The minimum Gasteiger partial charge on any atom is -0.397 e. The fourth-order valence-corrected chi connectivity index (χ4v) is 3.35. The molecule has 1 aliphatic heterocycles. The topological polar surface area (TPSA) is 56.3 Å². The van der Waals surface area contributed by atoms with Gasteiger partial charge in [0.25, 0.3) is 0 Å². The summed E-state index contributed by atoms with van der Waals surface area (Å²) in [6, 6.07) is 4.03. The summed E-state index contributed by atoms with van der Waals surface area (Å²) in [5, 5.41) is 5.51. The molecule has 21 heavy (non-hydrogen) atoms. The highest BCUT2D eigenvalue weighted by molar-refractivity contribution is 5.98. The molecule has 5 heteroatoms. The van der Waals surface area contributed by atoms with Crippen LogP contribution in [-0.4, -0.2) is 36.6 Å². The SMILES string of the molecule is COCC1(C)CCN(c2c(N)ccc3c2cnn3C)CC1. The van der Waals surface area contributed by atoms with Crippen molar-refractivity contribution in [3.8, 4) is 0 Å². The summed E-state index contributed by atoms with van der Waals surface area (Å²) in [6.45, 7) is 5.16. The first kappa shape index (κ1) is 14.2. The normalized spacial score (nSPS) is 18.3. The molecule has 0 atom stereocenters. The molecule has 0 spiro atoms. The monoisotopic (exact) mass is 288 g/mol. The van der Waals surface area contributed by atoms with Gasteiger partial charge in [-0.3, -0.25) is 4.68 Å². The average Bonchev–Trinajstić information content (AvgIpc) is 2.82. The van der Waals surface area contributed by atoms with E-state index in [1.165, 1.54) is 0 Å². The number of benzene rings is 1. The van der Waals surface area contributed by atoms with Crippen molar-refractivity contribution in [1.82, 2.24) is 9.78 Å². The molecule has 2 N–H and O–H groups in total. The van der Waals surface area contributed by atoms with E-state index in [0.717, 1.165) is 54.8 Å². The Morgan fingerprint density at radius 3 is 2.71 bits per heavy atom. The zero-order valence-corrected chi connectivity index (χ0v) is 13.1. The molecule has 1 aliphatic rings. The third-order valence-electron chi connectivity index (χ3n) is 4.71.